The Labute approximate surface area is 184 Å². The molecule has 4 aliphatic carbocycles. The van der Waals surface area contributed by atoms with Crippen molar-refractivity contribution < 1.29 is 22.7 Å². The van der Waals surface area contributed by atoms with Gasteiger partial charge in [0.15, 0.2) is 11.5 Å². The zero-order valence-electron chi connectivity index (χ0n) is 18.1. The molecule has 1 aromatic carbocycles. The second-order valence-electron chi connectivity index (χ2n) is 9.91. The van der Waals surface area contributed by atoms with Crippen molar-refractivity contribution in [2.45, 2.75) is 68.7 Å². The zero-order valence-corrected chi connectivity index (χ0v) is 18.9. The molecule has 1 heterocycles. The van der Waals surface area contributed by atoms with Crippen molar-refractivity contribution in [1.29, 1.82) is 0 Å². The van der Waals surface area contributed by atoms with Crippen LogP contribution in [0.5, 0.6) is 11.5 Å². The first kappa shape index (κ1) is 21.1. The first-order valence-electron chi connectivity index (χ1n) is 11.6. The largest absolute Gasteiger partial charge is 0.486 e. The van der Waals surface area contributed by atoms with Crippen LogP contribution in [0.2, 0.25) is 0 Å². The van der Waals surface area contributed by atoms with E-state index in [0.717, 1.165) is 32.1 Å². The highest BCUT2D eigenvalue weighted by atomic mass is 32.2. The standard InChI is InChI=1S/C23H32N2O5S/c1-2-3-4-24-22(26)19-10-18(11-20-21(19)30-6-5-29-20)31(27,28)25-23-12-15-7-16(13-23)9-17(8-15)14-23/h10-11,15-17,25H,2-9,12-14H2,1H3,(H,24,26). The SMILES string of the molecule is CCCCNC(=O)c1cc(S(=O)(=O)NC23CC4CC(CC(C4)C2)C3)cc2c1OCCO2. The molecule has 5 aliphatic rings. The van der Waals surface area contributed by atoms with E-state index in [4.69, 9.17) is 9.47 Å². The summed E-state index contributed by atoms with van der Waals surface area (Å²) >= 11 is 0. The van der Waals surface area contributed by atoms with Crippen LogP contribution in [0, 0.1) is 17.8 Å². The average molecular weight is 449 g/mol. The Balaban J connectivity index is 1.45. The summed E-state index contributed by atoms with van der Waals surface area (Å²) in [5.74, 6) is 2.22. The van der Waals surface area contributed by atoms with Gasteiger partial charge in [0.25, 0.3) is 5.91 Å². The lowest BCUT2D eigenvalue weighted by atomic mass is 9.53. The van der Waals surface area contributed by atoms with Gasteiger partial charge in [0.05, 0.1) is 10.5 Å². The molecule has 0 atom stereocenters. The predicted octanol–water partition coefficient (Wildman–Crippen LogP) is 3.23. The van der Waals surface area contributed by atoms with Crippen LogP contribution in [0.15, 0.2) is 17.0 Å². The maximum atomic E-state index is 13.5. The fourth-order valence-corrected chi connectivity index (χ4v) is 7.98. The molecule has 4 bridgehead atoms. The van der Waals surface area contributed by atoms with E-state index in [9.17, 15) is 13.2 Å². The molecule has 6 rings (SSSR count). The Morgan fingerprint density at radius 3 is 2.35 bits per heavy atom. The van der Waals surface area contributed by atoms with Gasteiger partial charge in [-0.15, -0.1) is 0 Å². The van der Waals surface area contributed by atoms with E-state index >= 15 is 0 Å². The molecule has 4 fully saturated rings. The van der Waals surface area contributed by atoms with Crippen LogP contribution in [0.4, 0.5) is 0 Å². The van der Waals surface area contributed by atoms with Gasteiger partial charge in [0.2, 0.25) is 10.0 Å². The number of benzene rings is 1. The molecule has 0 spiro atoms. The minimum Gasteiger partial charge on any atom is -0.486 e. The molecule has 170 valence electrons. The minimum atomic E-state index is -3.80. The summed E-state index contributed by atoms with van der Waals surface area (Å²) in [7, 11) is -3.80. The van der Waals surface area contributed by atoms with Gasteiger partial charge in [-0.05, 0) is 68.8 Å². The molecule has 4 saturated carbocycles. The van der Waals surface area contributed by atoms with Gasteiger partial charge in [-0.2, -0.15) is 0 Å². The molecule has 8 heteroatoms. The van der Waals surface area contributed by atoms with Crippen LogP contribution in [0.1, 0.15) is 68.6 Å². The molecule has 7 nitrogen and oxygen atoms in total. The average Bonchev–Trinajstić information content (AvgIpc) is 2.71. The summed E-state index contributed by atoms with van der Waals surface area (Å²) < 4.78 is 41.4. The lowest BCUT2D eigenvalue weighted by Gasteiger charge is -2.56. The number of carbonyl (C=O) groups excluding carboxylic acids is 1. The fraction of sp³-hybridized carbons (Fsp3) is 0.696. The molecular weight excluding hydrogens is 416 g/mol. The quantitative estimate of drug-likeness (QED) is 0.625. The Morgan fingerprint density at radius 2 is 1.71 bits per heavy atom. The van der Waals surface area contributed by atoms with Gasteiger partial charge >= 0.3 is 0 Å². The van der Waals surface area contributed by atoms with E-state index in [-0.39, 0.29) is 21.9 Å². The maximum Gasteiger partial charge on any atom is 0.255 e. The third kappa shape index (κ3) is 4.04. The third-order valence-electron chi connectivity index (χ3n) is 7.38. The summed E-state index contributed by atoms with van der Waals surface area (Å²) in [6, 6.07) is 2.94. The summed E-state index contributed by atoms with van der Waals surface area (Å²) in [6.07, 6.45) is 8.32. The minimum absolute atomic E-state index is 0.0770. The first-order valence-corrected chi connectivity index (χ1v) is 13.1. The molecule has 31 heavy (non-hydrogen) atoms. The van der Waals surface area contributed by atoms with E-state index in [1.807, 2.05) is 6.92 Å². The maximum absolute atomic E-state index is 13.5. The van der Waals surface area contributed by atoms with Crippen molar-refractivity contribution in [1.82, 2.24) is 10.0 Å². The monoisotopic (exact) mass is 448 g/mol. The second-order valence-corrected chi connectivity index (χ2v) is 11.6. The van der Waals surface area contributed by atoms with Crippen LogP contribution in [0.25, 0.3) is 0 Å². The number of nitrogens with one attached hydrogen (secondary N) is 2. The normalized spacial score (nSPS) is 30.9. The molecule has 2 N–H and O–H groups in total. The van der Waals surface area contributed by atoms with Crippen molar-refractivity contribution in [3.05, 3.63) is 17.7 Å². The van der Waals surface area contributed by atoms with Gasteiger partial charge in [-0.1, -0.05) is 13.3 Å². The number of sulfonamides is 1. The number of carbonyl (C=O) groups is 1. The Bertz CT molecular complexity index is 939. The number of ether oxygens (including phenoxy) is 2. The molecular formula is C23H32N2O5S. The number of amides is 1. The lowest BCUT2D eigenvalue weighted by molar-refractivity contribution is -0.00810. The van der Waals surface area contributed by atoms with Crippen molar-refractivity contribution in [3.8, 4) is 11.5 Å². The number of hydrogen-bond donors (Lipinski definition) is 2. The predicted molar refractivity (Wildman–Crippen MR) is 116 cm³/mol. The second kappa shape index (κ2) is 7.96. The topological polar surface area (TPSA) is 93.7 Å². The van der Waals surface area contributed by atoms with Gasteiger partial charge in [0.1, 0.15) is 13.2 Å². The van der Waals surface area contributed by atoms with Crippen molar-refractivity contribution in [3.63, 3.8) is 0 Å². The van der Waals surface area contributed by atoms with Crippen molar-refractivity contribution >= 4 is 15.9 Å². The highest BCUT2D eigenvalue weighted by Crippen LogP contribution is 2.56. The summed E-state index contributed by atoms with van der Waals surface area (Å²) in [6.45, 7) is 3.25. The fourth-order valence-electron chi connectivity index (χ4n) is 6.51. The van der Waals surface area contributed by atoms with E-state index in [1.54, 1.807) is 0 Å². The molecule has 0 aromatic heterocycles. The highest BCUT2D eigenvalue weighted by Gasteiger charge is 2.52. The number of rotatable bonds is 7. The smallest absolute Gasteiger partial charge is 0.255 e. The van der Waals surface area contributed by atoms with E-state index < -0.39 is 10.0 Å². The zero-order chi connectivity index (χ0) is 21.6. The summed E-state index contributed by atoms with van der Waals surface area (Å²) in [5.41, 5.74) is -0.121. The highest BCUT2D eigenvalue weighted by molar-refractivity contribution is 7.89. The van der Waals surface area contributed by atoms with E-state index in [0.29, 0.717) is 49.0 Å². The van der Waals surface area contributed by atoms with Crippen molar-refractivity contribution in [2.75, 3.05) is 19.8 Å². The molecule has 1 amide bonds. The molecule has 0 saturated heterocycles. The van der Waals surface area contributed by atoms with Gasteiger partial charge in [-0.3, -0.25) is 4.79 Å². The van der Waals surface area contributed by atoms with E-state index in [1.165, 1.54) is 31.4 Å². The number of fused-ring (bicyclic) bond motifs is 1. The molecule has 1 aliphatic heterocycles. The number of hydrogen-bond acceptors (Lipinski definition) is 5. The number of unbranched alkanes of at least 4 members (excludes halogenated alkanes) is 1. The summed E-state index contributed by atoms with van der Waals surface area (Å²) in [5, 5.41) is 2.87. The summed E-state index contributed by atoms with van der Waals surface area (Å²) in [4.78, 5) is 12.9. The van der Waals surface area contributed by atoms with Crippen LogP contribution < -0.4 is 19.5 Å². The van der Waals surface area contributed by atoms with Gasteiger partial charge in [0, 0.05) is 18.2 Å². The first-order chi connectivity index (χ1) is 14.9. The Kier molecular flexibility index (Phi) is 5.41. The van der Waals surface area contributed by atoms with Gasteiger partial charge in [-0.25, -0.2) is 13.1 Å². The van der Waals surface area contributed by atoms with Crippen LogP contribution >= 0.6 is 0 Å². The molecule has 0 radical (unpaired) electrons. The third-order valence-corrected chi connectivity index (χ3v) is 8.93. The Hall–Kier alpha value is -1.80. The van der Waals surface area contributed by atoms with Gasteiger partial charge < -0.3 is 14.8 Å². The molecule has 0 unspecified atom stereocenters. The van der Waals surface area contributed by atoms with E-state index in [2.05, 4.69) is 10.0 Å². The van der Waals surface area contributed by atoms with Crippen molar-refractivity contribution in [2.24, 2.45) is 17.8 Å². The van der Waals surface area contributed by atoms with Crippen LogP contribution in [-0.2, 0) is 10.0 Å². The Morgan fingerprint density at radius 1 is 1.06 bits per heavy atom. The lowest BCUT2D eigenvalue weighted by Crippen LogP contribution is -2.59. The van der Waals surface area contributed by atoms with Crippen LogP contribution in [0.3, 0.4) is 0 Å². The van der Waals surface area contributed by atoms with Crippen LogP contribution in [-0.4, -0.2) is 39.6 Å². The molecule has 1 aromatic rings.